The van der Waals surface area contributed by atoms with Crippen LogP contribution in [-0.2, 0) is 9.53 Å². The number of carbonyl (C=O) groups excluding carboxylic acids is 1. The number of rotatable bonds is 3. The highest BCUT2D eigenvalue weighted by atomic mass is 35.5. The Kier molecular flexibility index (Phi) is 5.03. The molecule has 58 valence electrons. The van der Waals surface area contributed by atoms with E-state index in [-0.39, 0.29) is 5.97 Å². The number of hydrogen-bond donors (Lipinski definition) is 0. The summed E-state index contributed by atoms with van der Waals surface area (Å²) in [6.07, 6.45) is 1.62. The highest BCUT2D eigenvalue weighted by Gasteiger charge is 2.01. The highest BCUT2D eigenvalue weighted by Crippen LogP contribution is 1.96. The molecule has 0 spiro atoms. The molecule has 0 saturated heterocycles. The Labute approximate surface area is 65.8 Å². The van der Waals surface area contributed by atoms with E-state index in [4.69, 9.17) is 16.3 Å². The molecule has 0 heterocycles. The molecule has 0 saturated carbocycles. The van der Waals surface area contributed by atoms with Gasteiger partial charge in [0.25, 0.3) is 0 Å². The van der Waals surface area contributed by atoms with Crippen molar-refractivity contribution in [3.8, 4) is 0 Å². The van der Waals surface area contributed by atoms with Crippen LogP contribution in [0.25, 0.3) is 0 Å². The van der Waals surface area contributed by atoms with Crippen molar-refractivity contribution >= 4 is 17.6 Å². The molecule has 0 atom stereocenters. The summed E-state index contributed by atoms with van der Waals surface area (Å²) in [5.41, 5.74) is 0.567. The second-order valence-electron chi connectivity index (χ2n) is 1.76. The molecule has 0 unspecified atom stereocenters. The van der Waals surface area contributed by atoms with E-state index in [1.54, 1.807) is 19.9 Å². The standard InChI is InChI=1S/C7H11ClO2/c1-3-10-7(9)6(2)4-5-8/h4H,3,5H2,1-2H3. The van der Waals surface area contributed by atoms with Gasteiger partial charge in [-0.3, -0.25) is 0 Å². The van der Waals surface area contributed by atoms with Crippen molar-refractivity contribution in [1.29, 1.82) is 0 Å². The zero-order valence-electron chi connectivity index (χ0n) is 6.19. The van der Waals surface area contributed by atoms with Crippen molar-refractivity contribution in [2.75, 3.05) is 12.5 Å². The van der Waals surface area contributed by atoms with Crippen molar-refractivity contribution in [3.63, 3.8) is 0 Å². The molecule has 0 amide bonds. The van der Waals surface area contributed by atoms with Crippen molar-refractivity contribution in [3.05, 3.63) is 11.6 Å². The van der Waals surface area contributed by atoms with Crippen molar-refractivity contribution in [2.24, 2.45) is 0 Å². The first-order chi connectivity index (χ1) is 4.72. The first-order valence-corrected chi connectivity index (χ1v) is 3.65. The summed E-state index contributed by atoms with van der Waals surface area (Å²) in [7, 11) is 0. The molecule has 0 aromatic heterocycles. The Bertz CT molecular complexity index is 141. The van der Waals surface area contributed by atoms with Gasteiger partial charge in [-0.25, -0.2) is 4.79 Å². The molecule has 0 aliphatic carbocycles. The normalized spacial score (nSPS) is 11.3. The summed E-state index contributed by atoms with van der Waals surface area (Å²) in [5, 5.41) is 0. The maximum Gasteiger partial charge on any atom is 0.333 e. The highest BCUT2D eigenvalue weighted by molar-refractivity contribution is 6.19. The summed E-state index contributed by atoms with van der Waals surface area (Å²) in [5.74, 6) is 0.0631. The summed E-state index contributed by atoms with van der Waals surface area (Å²) in [6, 6.07) is 0. The van der Waals surface area contributed by atoms with E-state index in [1.807, 2.05) is 0 Å². The molecular weight excluding hydrogens is 152 g/mol. The summed E-state index contributed by atoms with van der Waals surface area (Å²) >= 11 is 5.36. The summed E-state index contributed by atoms with van der Waals surface area (Å²) in [6.45, 7) is 3.86. The minimum Gasteiger partial charge on any atom is -0.463 e. The Balaban J connectivity index is 3.82. The largest absolute Gasteiger partial charge is 0.463 e. The van der Waals surface area contributed by atoms with E-state index in [9.17, 15) is 4.79 Å². The van der Waals surface area contributed by atoms with E-state index < -0.39 is 0 Å². The lowest BCUT2D eigenvalue weighted by Crippen LogP contribution is -2.04. The van der Waals surface area contributed by atoms with Gasteiger partial charge in [0.1, 0.15) is 0 Å². The minimum absolute atomic E-state index is 0.289. The third-order valence-corrected chi connectivity index (χ3v) is 1.14. The van der Waals surface area contributed by atoms with Crippen LogP contribution in [0.4, 0.5) is 0 Å². The topological polar surface area (TPSA) is 26.3 Å². The second-order valence-corrected chi connectivity index (χ2v) is 2.07. The van der Waals surface area contributed by atoms with Crippen molar-refractivity contribution < 1.29 is 9.53 Å². The SMILES string of the molecule is CCOC(=O)C(C)=CCCl. The van der Waals surface area contributed by atoms with Gasteiger partial charge in [0.2, 0.25) is 0 Å². The van der Waals surface area contributed by atoms with Crippen LogP contribution in [0.15, 0.2) is 11.6 Å². The van der Waals surface area contributed by atoms with Crippen LogP contribution in [0, 0.1) is 0 Å². The number of allylic oxidation sites excluding steroid dienone is 1. The smallest absolute Gasteiger partial charge is 0.333 e. The number of carbonyl (C=O) groups is 1. The number of ether oxygens (including phenoxy) is 1. The van der Waals surface area contributed by atoms with Gasteiger partial charge in [-0.1, -0.05) is 6.08 Å². The third-order valence-electron chi connectivity index (χ3n) is 0.981. The fraction of sp³-hybridized carbons (Fsp3) is 0.571. The fourth-order valence-corrected chi connectivity index (χ4v) is 0.675. The molecule has 0 aromatic rings. The number of alkyl halides is 1. The Morgan fingerprint density at radius 1 is 1.70 bits per heavy atom. The molecule has 0 aromatic carbocycles. The van der Waals surface area contributed by atoms with E-state index in [0.29, 0.717) is 18.1 Å². The molecule has 0 aliphatic heterocycles. The zero-order valence-corrected chi connectivity index (χ0v) is 6.94. The van der Waals surface area contributed by atoms with Gasteiger partial charge >= 0.3 is 5.97 Å². The Hall–Kier alpha value is -0.500. The average Bonchev–Trinajstić information content (AvgIpc) is 1.89. The maximum absolute atomic E-state index is 10.8. The first kappa shape index (κ1) is 9.50. The predicted molar refractivity (Wildman–Crippen MR) is 41.1 cm³/mol. The predicted octanol–water partition coefficient (Wildman–Crippen LogP) is 1.73. The fourth-order valence-electron chi connectivity index (χ4n) is 0.444. The molecule has 0 fully saturated rings. The van der Waals surface area contributed by atoms with Crippen LogP contribution < -0.4 is 0 Å². The lowest BCUT2D eigenvalue weighted by Gasteiger charge is -1.99. The van der Waals surface area contributed by atoms with Crippen LogP contribution >= 0.6 is 11.6 Å². The van der Waals surface area contributed by atoms with E-state index >= 15 is 0 Å². The molecule has 0 N–H and O–H groups in total. The van der Waals surface area contributed by atoms with Gasteiger partial charge in [0.15, 0.2) is 0 Å². The molecule has 3 heteroatoms. The summed E-state index contributed by atoms with van der Waals surface area (Å²) < 4.78 is 4.69. The first-order valence-electron chi connectivity index (χ1n) is 3.12. The van der Waals surface area contributed by atoms with Crippen LogP contribution in [0.1, 0.15) is 13.8 Å². The molecule has 0 rings (SSSR count). The van der Waals surface area contributed by atoms with Gasteiger partial charge in [0, 0.05) is 11.5 Å². The van der Waals surface area contributed by atoms with Gasteiger partial charge in [-0.2, -0.15) is 0 Å². The monoisotopic (exact) mass is 162 g/mol. The molecule has 0 bridgehead atoms. The van der Waals surface area contributed by atoms with E-state index in [2.05, 4.69) is 0 Å². The van der Waals surface area contributed by atoms with E-state index in [1.165, 1.54) is 0 Å². The van der Waals surface area contributed by atoms with Crippen LogP contribution in [0.3, 0.4) is 0 Å². The van der Waals surface area contributed by atoms with Crippen LogP contribution in [0.5, 0.6) is 0 Å². The van der Waals surface area contributed by atoms with Gasteiger partial charge < -0.3 is 4.74 Å². The number of esters is 1. The van der Waals surface area contributed by atoms with Crippen LogP contribution in [-0.4, -0.2) is 18.5 Å². The minimum atomic E-state index is -0.289. The van der Waals surface area contributed by atoms with Crippen LogP contribution in [0.2, 0.25) is 0 Å². The zero-order chi connectivity index (χ0) is 7.98. The molecule has 0 radical (unpaired) electrons. The summed E-state index contributed by atoms with van der Waals surface area (Å²) in [4.78, 5) is 10.8. The molecule has 10 heavy (non-hydrogen) atoms. The van der Waals surface area contributed by atoms with Gasteiger partial charge in [0.05, 0.1) is 6.61 Å². The van der Waals surface area contributed by atoms with Crippen molar-refractivity contribution in [2.45, 2.75) is 13.8 Å². The van der Waals surface area contributed by atoms with Gasteiger partial charge in [-0.15, -0.1) is 11.6 Å². The Morgan fingerprint density at radius 2 is 2.30 bits per heavy atom. The number of halogens is 1. The molecular formula is C7H11ClO2. The molecule has 2 nitrogen and oxygen atoms in total. The maximum atomic E-state index is 10.8. The van der Waals surface area contributed by atoms with Crippen molar-refractivity contribution in [1.82, 2.24) is 0 Å². The second kappa shape index (κ2) is 5.30. The Morgan fingerprint density at radius 3 is 2.70 bits per heavy atom. The number of hydrogen-bond acceptors (Lipinski definition) is 2. The lowest BCUT2D eigenvalue weighted by molar-refractivity contribution is -0.138. The molecule has 0 aliphatic rings. The van der Waals surface area contributed by atoms with Gasteiger partial charge in [-0.05, 0) is 13.8 Å². The third kappa shape index (κ3) is 3.51. The quantitative estimate of drug-likeness (QED) is 0.359. The van der Waals surface area contributed by atoms with E-state index in [0.717, 1.165) is 0 Å². The average molecular weight is 163 g/mol. The lowest BCUT2D eigenvalue weighted by atomic mass is 10.3.